The van der Waals surface area contributed by atoms with Crippen molar-refractivity contribution in [2.24, 2.45) is 0 Å². The van der Waals surface area contributed by atoms with Crippen LogP contribution < -0.4 is 0 Å². The van der Waals surface area contributed by atoms with Crippen molar-refractivity contribution in [2.45, 2.75) is 32.6 Å². The highest BCUT2D eigenvalue weighted by atomic mass is 19.4. The van der Waals surface area contributed by atoms with Crippen LogP contribution in [0, 0.1) is 17.1 Å². The summed E-state index contributed by atoms with van der Waals surface area (Å²) in [5, 5.41) is 8.69. The van der Waals surface area contributed by atoms with Crippen molar-refractivity contribution >= 4 is 0 Å². The quantitative estimate of drug-likeness (QED) is 0.786. The molecule has 6 heteroatoms. The molecule has 0 spiro atoms. The molecule has 0 unspecified atom stereocenters. The average Bonchev–Trinajstić information content (AvgIpc) is 2.29. The Balaban J connectivity index is 2.95. The van der Waals surface area contributed by atoms with Gasteiger partial charge in [-0.15, -0.1) is 0 Å². The Kier molecular flexibility index (Phi) is 4.90. The van der Waals surface area contributed by atoms with E-state index in [-0.39, 0.29) is 23.7 Å². The van der Waals surface area contributed by atoms with Crippen LogP contribution in [0.4, 0.5) is 17.6 Å². The summed E-state index contributed by atoms with van der Waals surface area (Å²) in [7, 11) is 0. The van der Waals surface area contributed by atoms with Crippen molar-refractivity contribution in [2.75, 3.05) is 6.54 Å². The minimum Gasteiger partial charge on any atom is -0.288 e. The molecule has 0 N–H and O–H groups in total. The maximum Gasteiger partial charge on any atom is 0.401 e. The molecule has 0 atom stereocenters. The molecule has 0 aliphatic carbocycles. The maximum absolute atomic E-state index is 13.8. The van der Waals surface area contributed by atoms with Crippen LogP contribution in [0.5, 0.6) is 0 Å². The molecule has 0 radical (unpaired) electrons. The molecule has 104 valence electrons. The fourth-order valence-electron chi connectivity index (χ4n) is 1.66. The molecule has 1 aromatic rings. The van der Waals surface area contributed by atoms with Crippen LogP contribution in [-0.2, 0) is 6.54 Å². The van der Waals surface area contributed by atoms with Crippen LogP contribution >= 0.6 is 0 Å². The van der Waals surface area contributed by atoms with Crippen molar-refractivity contribution in [3.05, 3.63) is 35.1 Å². The number of hydrogen-bond donors (Lipinski definition) is 0. The van der Waals surface area contributed by atoms with E-state index in [1.165, 1.54) is 18.2 Å². The van der Waals surface area contributed by atoms with Gasteiger partial charge in [-0.05, 0) is 19.9 Å². The van der Waals surface area contributed by atoms with Gasteiger partial charge in [0.2, 0.25) is 0 Å². The van der Waals surface area contributed by atoms with Crippen molar-refractivity contribution in [1.29, 1.82) is 5.26 Å². The summed E-state index contributed by atoms with van der Waals surface area (Å²) in [6, 6.07) is 5.43. The highest BCUT2D eigenvalue weighted by Gasteiger charge is 2.32. The second kappa shape index (κ2) is 6.02. The smallest absolute Gasteiger partial charge is 0.288 e. The van der Waals surface area contributed by atoms with Crippen LogP contribution in [-0.4, -0.2) is 23.7 Å². The highest BCUT2D eigenvalue weighted by molar-refractivity contribution is 5.34. The van der Waals surface area contributed by atoms with Crippen molar-refractivity contribution in [1.82, 2.24) is 4.90 Å². The van der Waals surface area contributed by atoms with Crippen LogP contribution in [0.15, 0.2) is 18.2 Å². The van der Waals surface area contributed by atoms with Gasteiger partial charge < -0.3 is 0 Å². The lowest BCUT2D eigenvalue weighted by molar-refractivity contribution is -0.151. The van der Waals surface area contributed by atoms with Crippen LogP contribution in [0.25, 0.3) is 0 Å². The summed E-state index contributed by atoms with van der Waals surface area (Å²) >= 11 is 0. The van der Waals surface area contributed by atoms with Gasteiger partial charge in [0, 0.05) is 18.2 Å². The van der Waals surface area contributed by atoms with Gasteiger partial charge in [0.15, 0.2) is 0 Å². The summed E-state index contributed by atoms with van der Waals surface area (Å²) in [4.78, 5) is 1.11. The lowest BCUT2D eigenvalue weighted by Crippen LogP contribution is -2.38. The lowest BCUT2D eigenvalue weighted by Gasteiger charge is -2.27. The number of hydrogen-bond acceptors (Lipinski definition) is 2. The number of nitriles is 1. The van der Waals surface area contributed by atoms with Gasteiger partial charge >= 0.3 is 6.18 Å². The van der Waals surface area contributed by atoms with Gasteiger partial charge in [-0.2, -0.15) is 18.4 Å². The summed E-state index contributed by atoms with van der Waals surface area (Å²) in [5.41, 5.74) is -0.0646. The maximum atomic E-state index is 13.8. The zero-order chi connectivity index (χ0) is 14.6. The van der Waals surface area contributed by atoms with Gasteiger partial charge in [-0.25, -0.2) is 4.39 Å². The number of benzene rings is 1. The molecule has 0 saturated heterocycles. The predicted octanol–water partition coefficient (Wildman–Crippen LogP) is 3.47. The summed E-state index contributed by atoms with van der Waals surface area (Å²) in [6.07, 6.45) is -4.34. The SMILES string of the molecule is CC(C)N(Cc1cccc(C#N)c1F)CC(F)(F)F. The Morgan fingerprint density at radius 3 is 2.42 bits per heavy atom. The minimum absolute atomic E-state index is 0.0944. The first-order valence-corrected chi connectivity index (χ1v) is 5.73. The second-order valence-electron chi connectivity index (χ2n) is 4.50. The van der Waals surface area contributed by atoms with Crippen molar-refractivity contribution < 1.29 is 17.6 Å². The molecule has 0 saturated carbocycles. The van der Waals surface area contributed by atoms with E-state index >= 15 is 0 Å². The molecule has 0 aromatic heterocycles. The summed E-state index contributed by atoms with van der Waals surface area (Å²) in [5.74, 6) is -0.752. The molecular formula is C13H14F4N2. The summed E-state index contributed by atoms with van der Waals surface area (Å²) in [6.45, 7) is 1.93. The molecule has 0 aliphatic rings. The van der Waals surface area contributed by atoms with Gasteiger partial charge in [-0.3, -0.25) is 4.90 Å². The van der Waals surface area contributed by atoms with E-state index < -0.39 is 18.5 Å². The summed E-state index contributed by atoms with van der Waals surface area (Å²) < 4.78 is 51.1. The molecule has 1 rings (SSSR count). The van der Waals surface area contributed by atoms with Crippen molar-refractivity contribution in [3.8, 4) is 6.07 Å². The molecule has 0 aliphatic heterocycles. The zero-order valence-electron chi connectivity index (χ0n) is 10.6. The number of rotatable bonds is 4. The van der Waals surface area contributed by atoms with E-state index in [0.717, 1.165) is 4.90 Å². The molecule has 1 aromatic carbocycles. The fraction of sp³-hybridized carbons (Fsp3) is 0.462. The lowest BCUT2D eigenvalue weighted by atomic mass is 10.1. The first-order chi connectivity index (χ1) is 8.74. The van der Waals surface area contributed by atoms with Gasteiger partial charge in [0.25, 0.3) is 0 Å². The van der Waals surface area contributed by atoms with Gasteiger partial charge in [0.05, 0.1) is 12.1 Å². The standard InChI is InChI=1S/C13H14F4N2/c1-9(2)19(8-13(15,16)17)7-11-5-3-4-10(6-18)12(11)14/h3-5,9H,7-8H2,1-2H3. The molecule has 0 fully saturated rings. The Morgan fingerprint density at radius 2 is 1.95 bits per heavy atom. The zero-order valence-corrected chi connectivity index (χ0v) is 10.6. The monoisotopic (exact) mass is 274 g/mol. The van der Waals surface area contributed by atoms with Crippen LogP contribution in [0.1, 0.15) is 25.0 Å². The molecule has 0 bridgehead atoms. The predicted molar refractivity (Wildman–Crippen MR) is 62.7 cm³/mol. The van der Waals surface area contributed by atoms with Crippen LogP contribution in [0.3, 0.4) is 0 Å². The van der Waals surface area contributed by atoms with E-state index in [0.29, 0.717) is 0 Å². The Labute approximate surface area is 109 Å². The third-order valence-corrected chi connectivity index (χ3v) is 2.69. The topological polar surface area (TPSA) is 27.0 Å². The first kappa shape index (κ1) is 15.4. The van der Waals surface area contributed by atoms with Gasteiger partial charge in [0.1, 0.15) is 11.9 Å². The number of halogens is 4. The van der Waals surface area contributed by atoms with Crippen LogP contribution in [0.2, 0.25) is 0 Å². The minimum atomic E-state index is -4.34. The van der Waals surface area contributed by atoms with Crippen molar-refractivity contribution in [3.63, 3.8) is 0 Å². The first-order valence-electron chi connectivity index (χ1n) is 5.73. The molecule has 19 heavy (non-hydrogen) atoms. The third kappa shape index (κ3) is 4.52. The Morgan fingerprint density at radius 1 is 1.32 bits per heavy atom. The second-order valence-corrected chi connectivity index (χ2v) is 4.50. The number of nitrogens with zero attached hydrogens (tertiary/aromatic N) is 2. The van der Waals surface area contributed by atoms with Gasteiger partial charge in [-0.1, -0.05) is 12.1 Å². The largest absolute Gasteiger partial charge is 0.401 e. The Hall–Kier alpha value is -1.61. The third-order valence-electron chi connectivity index (χ3n) is 2.69. The van der Waals surface area contributed by atoms with E-state index in [1.807, 2.05) is 0 Å². The molecule has 2 nitrogen and oxygen atoms in total. The molecule has 0 heterocycles. The Bertz CT molecular complexity index is 475. The van der Waals surface area contributed by atoms with E-state index in [1.54, 1.807) is 19.9 Å². The average molecular weight is 274 g/mol. The normalized spacial score (nSPS) is 11.9. The van der Waals surface area contributed by atoms with E-state index in [9.17, 15) is 17.6 Å². The number of alkyl halides is 3. The molecular weight excluding hydrogens is 260 g/mol. The molecule has 0 amide bonds. The van der Waals surface area contributed by atoms with E-state index in [2.05, 4.69) is 0 Å². The van der Waals surface area contributed by atoms with E-state index in [4.69, 9.17) is 5.26 Å². The highest BCUT2D eigenvalue weighted by Crippen LogP contribution is 2.21. The fourth-order valence-corrected chi connectivity index (χ4v) is 1.66.